The molecule has 2 heterocycles. The Hall–Kier alpha value is -2.98. The second kappa shape index (κ2) is 7.21. The van der Waals surface area contributed by atoms with Gasteiger partial charge < -0.3 is 10.1 Å². The number of carbonyl (C=O) groups is 2. The number of ether oxygens (including phenoxy) is 1. The lowest BCUT2D eigenvalue weighted by Gasteiger charge is -2.24. The first-order chi connectivity index (χ1) is 13.2. The maximum atomic E-state index is 12.9. The molecule has 0 aliphatic carbocycles. The number of urea groups is 1. The van der Waals surface area contributed by atoms with Crippen molar-refractivity contribution in [2.45, 2.75) is 30.3 Å². The highest BCUT2D eigenvalue weighted by molar-refractivity contribution is 7.89. The van der Waals surface area contributed by atoms with Crippen LogP contribution in [0.25, 0.3) is 0 Å². The van der Waals surface area contributed by atoms with Crippen molar-refractivity contribution in [3.8, 4) is 5.75 Å². The molecule has 28 heavy (non-hydrogen) atoms. The van der Waals surface area contributed by atoms with Crippen molar-refractivity contribution in [1.29, 1.82) is 0 Å². The van der Waals surface area contributed by atoms with E-state index >= 15 is 0 Å². The fraction of sp³-hybridized carbons (Fsp3) is 0.278. The van der Waals surface area contributed by atoms with Crippen LogP contribution < -0.4 is 20.1 Å². The van der Waals surface area contributed by atoms with Gasteiger partial charge in [-0.25, -0.2) is 17.9 Å². The summed E-state index contributed by atoms with van der Waals surface area (Å²) in [6, 6.07) is 8.12. The zero-order valence-corrected chi connectivity index (χ0v) is 16.3. The zero-order valence-electron chi connectivity index (χ0n) is 15.5. The lowest BCUT2D eigenvalue weighted by molar-refractivity contribution is -0.123. The van der Waals surface area contributed by atoms with Crippen molar-refractivity contribution in [2.75, 3.05) is 7.11 Å². The molecule has 148 valence electrons. The fourth-order valence-corrected chi connectivity index (χ4v) is 4.21. The Morgan fingerprint density at radius 3 is 2.54 bits per heavy atom. The molecule has 9 nitrogen and oxygen atoms in total. The molecule has 1 aliphatic heterocycles. The molecule has 0 saturated carbocycles. The average Bonchev–Trinajstić information content (AvgIpc) is 2.94. The van der Waals surface area contributed by atoms with E-state index in [0.29, 0.717) is 5.69 Å². The molecule has 0 unspecified atom stereocenters. The molecular formula is C18H20N4O5S. The number of nitrogens with zero attached hydrogens (tertiary/aromatic N) is 1. The summed E-state index contributed by atoms with van der Waals surface area (Å²) < 4.78 is 33.6. The van der Waals surface area contributed by atoms with E-state index in [1.54, 1.807) is 31.3 Å². The van der Waals surface area contributed by atoms with Crippen LogP contribution in [0.2, 0.25) is 0 Å². The monoisotopic (exact) mass is 404 g/mol. The van der Waals surface area contributed by atoms with Crippen LogP contribution in [0.4, 0.5) is 4.79 Å². The van der Waals surface area contributed by atoms with Crippen LogP contribution in [-0.2, 0) is 20.4 Å². The topological polar surface area (TPSA) is 126 Å². The number of aromatic nitrogens is 1. The van der Waals surface area contributed by atoms with Gasteiger partial charge in [0.25, 0.3) is 5.91 Å². The highest BCUT2D eigenvalue weighted by Gasteiger charge is 2.45. The number of hydrogen-bond acceptors (Lipinski definition) is 6. The minimum atomic E-state index is -3.93. The summed E-state index contributed by atoms with van der Waals surface area (Å²) in [6.07, 6.45) is 1.58. The van der Waals surface area contributed by atoms with Gasteiger partial charge in [-0.2, -0.15) is 0 Å². The van der Waals surface area contributed by atoms with Crippen LogP contribution in [0, 0.1) is 0 Å². The third-order valence-electron chi connectivity index (χ3n) is 4.53. The van der Waals surface area contributed by atoms with Crippen molar-refractivity contribution in [3.63, 3.8) is 0 Å². The Morgan fingerprint density at radius 1 is 1.21 bits per heavy atom. The number of sulfonamides is 1. The number of carbonyl (C=O) groups excluding carboxylic acids is 2. The summed E-state index contributed by atoms with van der Waals surface area (Å²) >= 11 is 0. The fourth-order valence-electron chi connectivity index (χ4n) is 2.97. The molecule has 0 bridgehead atoms. The van der Waals surface area contributed by atoms with Gasteiger partial charge in [-0.1, -0.05) is 6.07 Å². The number of rotatable bonds is 6. The normalized spacial score (nSPS) is 20.4. The minimum Gasteiger partial charge on any atom is -0.496 e. The van der Waals surface area contributed by atoms with Crippen LogP contribution in [-0.4, -0.2) is 32.4 Å². The maximum absolute atomic E-state index is 12.9. The van der Waals surface area contributed by atoms with Gasteiger partial charge in [0.2, 0.25) is 10.0 Å². The van der Waals surface area contributed by atoms with Crippen LogP contribution in [0.1, 0.15) is 31.1 Å². The van der Waals surface area contributed by atoms with Gasteiger partial charge in [0, 0.05) is 11.8 Å². The van der Waals surface area contributed by atoms with Crippen LogP contribution in [0.15, 0.2) is 47.5 Å². The number of methoxy groups -OCH3 is 1. The van der Waals surface area contributed by atoms with Crippen molar-refractivity contribution in [1.82, 2.24) is 20.3 Å². The van der Waals surface area contributed by atoms with Crippen LogP contribution >= 0.6 is 0 Å². The molecule has 10 heteroatoms. The van der Waals surface area contributed by atoms with E-state index in [-0.39, 0.29) is 16.2 Å². The Labute approximate surface area is 162 Å². The van der Waals surface area contributed by atoms with Crippen molar-refractivity contribution in [3.05, 3.63) is 53.9 Å². The predicted octanol–water partition coefficient (Wildman–Crippen LogP) is 1.18. The van der Waals surface area contributed by atoms with E-state index in [4.69, 9.17) is 4.74 Å². The van der Waals surface area contributed by atoms with Crippen LogP contribution in [0.5, 0.6) is 5.75 Å². The molecule has 2 aromatic rings. The molecule has 2 atom stereocenters. The van der Waals surface area contributed by atoms with Crippen molar-refractivity contribution < 1.29 is 22.7 Å². The predicted molar refractivity (Wildman–Crippen MR) is 100.0 cm³/mol. The van der Waals surface area contributed by atoms with E-state index in [1.165, 1.54) is 32.2 Å². The third-order valence-corrected chi connectivity index (χ3v) is 6.07. The van der Waals surface area contributed by atoms with E-state index in [9.17, 15) is 18.0 Å². The number of hydrogen-bond donors (Lipinski definition) is 3. The zero-order chi connectivity index (χ0) is 20.5. The summed E-state index contributed by atoms with van der Waals surface area (Å²) in [5.74, 6) is -0.322. The second-order valence-corrected chi connectivity index (χ2v) is 8.21. The quantitative estimate of drug-likeness (QED) is 0.621. The standard InChI is InChI=1S/C18H20N4O5S/c1-11(14-6-4-5-9-19-14)22-28(25,26)12-7-8-15(27-3)13(10-12)18(2)16(23)20-17(24)21-18/h4-11,22H,1-3H3,(H2,20,21,23,24)/t11-,18-/m0/s1. The molecule has 3 amide bonds. The Kier molecular flexibility index (Phi) is 5.09. The SMILES string of the molecule is COc1ccc(S(=O)(=O)N[C@@H](C)c2ccccn2)cc1[C@]1(C)NC(=O)NC1=O. The molecule has 0 radical (unpaired) electrons. The highest BCUT2D eigenvalue weighted by atomic mass is 32.2. The maximum Gasteiger partial charge on any atom is 0.322 e. The number of imide groups is 1. The molecule has 0 spiro atoms. The molecular weight excluding hydrogens is 384 g/mol. The highest BCUT2D eigenvalue weighted by Crippen LogP contribution is 2.34. The molecule has 1 aromatic carbocycles. The van der Waals surface area contributed by atoms with Gasteiger partial charge in [-0.3, -0.25) is 15.1 Å². The average molecular weight is 404 g/mol. The number of benzene rings is 1. The van der Waals surface area contributed by atoms with Crippen molar-refractivity contribution in [2.24, 2.45) is 0 Å². The van der Waals surface area contributed by atoms with E-state index < -0.39 is 33.5 Å². The number of pyridine rings is 1. The Balaban J connectivity index is 1.99. The first-order valence-electron chi connectivity index (χ1n) is 8.43. The lowest BCUT2D eigenvalue weighted by Crippen LogP contribution is -2.41. The largest absolute Gasteiger partial charge is 0.496 e. The Morgan fingerprint density at radius 2 is 1.96 bits per heavy atom. The smallest absolute Gasteiger partial charge is 0.322 e. The second-order valence-electron chi connectivity index (χ2n) is 6.49. The summed E-state index contributed by atoms with van der Waals surface area (Å²) in [4.78, 5) is 28.0. The first kappa shape index (κ1) is 19.8. The molecule has 1 saturated heterocycles. The van der Waals surface area contributed by atoms with Gasteiger partial charge in [0.1, 0.15) is 11.3 Å². The number of amides is 3. The summed E-state index contributed by atoms with van der Waals surface area (Å²) in [5.41, 5.74) is -0.665. The van der Waals surface area contributed by atoms with Gasteiger partial charge in [0.05, 0.1) is 23.7 Å². The van der Waals surface area contributed by atoms with Crippen molar-refractivity contribution >= 4 is 22.0 Å². The van der Waals surface area contributed by atoms with Gasteiger partial charge in [-0.15, -0.1) is 0 Å². The molecule has 1 fully saturated rings. The first-order valence-corrected chi connectivity index (χ1v) is 9.91. The lowest BCUT2D eigenvalue weighted by atomic mass is 9.91. The van der Waals surface area contributed by atoms with E-state index in [1.807, 2.05) is 0 Å². The minimum absolute atomic E-state index is 0.0683. The molecule has 3 N–H and O–H groups in total. The molecule has 3 rings (SSSR count). The van der Waals surface area contributed by atoms with Gasteiger partial charge in [0.15, 0.2) is 0 Å². The summed E-state index contributed by atoms with van der Waals surface area (Å²) in [7, 11) is -2.54. The molecule has 1 aromatic heterocycles. The molecule has 1 aliphatic rings. The van der Waals surface area contributed by atoms with E-state index in [0.717, 1.165) is 0 Å². The van der Waals surface area contributed by atoms with Gasteiger partial charge in [-0.05, 0) is 44.2 Å². The summed E-state index contributed by atoms with van der Waals surface area (Å²) in [5, 5.41) is 4.66. The van der Waals surface area contributed by atoms with Crippen LogP contribution in [0.3, 0.4) is 0 Å². The van der Waals surface area contributed by atoms with E-state index in [2.05, 4.69) is 20.3 Å². The van der Waals surface area contributed by atoms with Gasteiger partial charge >= 0.3 is 6.03 Å². The number of nitrogens with one attached hydrogen (secondary N) is 3. The summed E-state index contributed by atoms with van der Waals surface area (Å²) in [6.45, 7) is 3.15. The Bertz CT molecular complexity index is 1030. The third kappa shape index (κ3) is 3.56.